The molecule has 1 aliphatic rings. The summed E-state index contributed by atoms with van der Waals surface area (Å²) in [5.41, 5.74) is -0.553. The van der Waals surface area contributed by atoms with Crippen molar-refractivity contribution in [1.29, 1.82) is 0 Å². The molecule has 1 aliphatic carbocycles. The zero-order valence-electron chi connectivity index (χ0n) is 14.1. The SMILES string of the molecule is COC(=O)CC1CCC(C(CO)NC(=O)OC(C)(C)C)CC1. The lowest BCUT2D eigenvalue weighted by Gasteiger charge is -2.33. The molecule has 0 saturated heterocycles. The van der Waals surface area contributed by atoms with Crippen molar-refractivity contribution in [2.24, 2.45) is 11.8 Å². The van der Waals surface area contributed by atoms with Gasteiger partial charge < -0.3 is 19.9 Å². The van der Waals surface area contributed by atoms with E-state index >= 15 is 0 Å². The quantitative estimate of drug-likeness (QED) is 0.760. The van der Waals surface area contributed by atoms with Gasteiger partial charge in [0, 0.05) is 6.42 Å². The molecule has 1 rings (SSSR count). The van der Waals surface area contributed by atoms with E-state index in [1.807, 2.05) is 0 Å². The van der Waals surface area contributed by atoms with Crippen molar-refractivity contribution in [3.63, 3.8) is 0 Å². The van der Waals surface area contributed by atoms with Crippen LogP contribution < -0.4 is 5.32 Å². The Kier molecular flexibility index (Phi) is 7.13. The van der Waals surface area contributed by atoms with Crippen molar-refractivity contribution in [3.8, 4) is 0 Å². The third-order valence-electron chi connectivity index (χ3n) is 4.04. The van der Waals surface area contributed by atoms with Gasteiger partial charge in [0.25, 0.3) is 0 Å². The topological polar surface area (TPSA) is 84.9 Å². The van der Waals surface area contributed by atoms with Crippen LogP contribution in [-0.2, 0) is 14.3 Å². The molecule has 0 spiro atoms. The predicted octanol–water partition coefficient (Wildman–Crippen LogP) is 2.24. The minimum Gasteiger partial charge on any atom is -0.469 e. The van der Waals surface area contributed by atoms with Crippen LogP contribution in [0, 0.1) is 11.8 Å². The molecule has 0 aliphatic heterocycles. The maximum atomic E-state index is 11.8. The van der Waals surface area contributed by atoms with Gasteiger partial charge in [0.15, 0.2) is 0 Å². The van der Waals surface area contributed by atoms with Gasteiger partial charge in [-0.05, 0) is 58.3 Å². The van der Waals surface area contributed by atoms with Crippen molar-refractivity contribution in [2.45, 2.75) is 64.5 Å². The third kappa shape index (κ3) is 6.64. The number of hydrogen-bond acceptors (Lipinski definition) is 5. The minimum absolute atomic E-state index is 0.106. The first-order valence-corrected chi connectivity index (χ1v) is 7.92. The summed E-state index contributed by atoms with van der Waals surface area (Å²) in [5.74, 6) is 0.380. The number of aliphatic hydroxyl groups excluding tert-OH is 1. The molecular formula is C16H29NO5. The van der Waals surface area contributed by atoms with Gasteiger partial charge in [-0.2, -0.15) is 0 Å². The normalized spacial score (nSPS) is 23.5. The molecular weight excluding hydrogens is 286 g/mol. The van der Waals surface area contributed by atoms with Crippen molar-refractivity contribution in [3.05, 3.63) is 0 Å². The molecule has 1 atom stereocenters. The Morgan fingerprint density at radius 2 is 1.82 bits per heavy atom. The van der Waals surface area contributed by atoms with Gasteiger partial charge in [0.1, 0.15) is 5.60 Å². The van der Waals surface area contributed by atoms with E-state index in [2.05, 4.69) is 5.32 Å². The summed E-state index contributed by atoms with van der Waals surface area (Å²) < 4.78 is 9.92. The van der Waals surface area contributed by atoms with Crippen LogP contribution in [-0.4, -0.2) is 42.5 Å². The summed E-state index contributed by atoms with van der Waals surface area (Å²) >= 11 is 0. The van der Waals surface area contributed by atoms with E-state index in [4.69, 9.17) is 9.47 Å². The van der Waals surface area contributed by atoms with Crippen LogP contribution >= 0.6 is 0 Å². The van der Waals surface area contributed by atoms with Gasteiger partial charge >= 0.3 is 12.1 Å². The number of alkyl carbamates (subject to hydrolysis) is 1. The number of amides is 1. The smallest absolute Gasteiger partial charge is 0.407 e. The van der Waals surface area contributed by atoms with Gasteiger partial charge in [-0.3, -0.25) is 4.79 Å². The lowest BCUT2D eigenvalue weighted by molar-refractivity contribution is -0.142. The summed E-state index contributed by atoms with van der Waals surface area (Å²) in [5, 5.41) is 12.3. The Morgan fingerprint density at radius 3 is 2.27 bits per heavy atom. The Morgan fingerprint density at radius 1 is 1.23 bits per heavy atom. The van der Waals surface area contributed by atoms with E-state index in [0.29, 0.717) is 12.3 Å². The Balaban J connectivity index is 2.43. The minimum atomic E-state index is -0.553. The average molecular weight is 315 g/mol. The van der Waals surface area contributed by atoms with Crippen LogP contribution in [0.3, 0.4) is 0 Å². The number of ether oxygens (including phenoxy) is 2. The van der Waals surface area contributed by atoms with Crippen LogP contribution in [0.1, 0.15) is 52.9 Å². The number of rotatable bonds is 5. The first-order chi connectivity index (χ1) is 10.2. The van der Waals surface area contributed by atoms with Crippen LogP contribution in [0.2, 0.25) is 0 Å². The molecule has 0 heterocycles. The fourth-order valence-electron chi connectivity index (χ4n) is 2.89. The molecule has 0 aromatic heterocycles. The lowest BCUT2D eigenvalue weighted by Crippen LogP contribution is -2.46. The Bertz CT molecular complexity index is 369. The predicted molar refractivity (Wildman–Crippen MR) is 82.3 cm³/mol. The maximum absolute atomic E-state index is 11.8. The molecule has 0 aromatic carbocycles. The molecule has 0 bridgehead atoms. The highest BCUT2D eigenvalue weighted by Crippen LogP contribution is 2.32. The Labute approximate surface area is 132 Å². The first kappa shape index (κ1) is 18.7. The number of carbonyl (C=O) groups is 2. The molecule has 6 nitrogen and oxygen atoms in total. The fourth-order valence-corrected chi connectivity index (χ4v) is 2.89. The molecule has 0 radical (unpaired) electrons. The largest absolute Gasteiger partial charge is 0.469 e. The van der Waals surface area contributed by atoms with Crippen molar-refractivity contribution >= 4 is 12.1 Å². The monoisotopic (exact) mass is 315 g/mol. The van der Waals surface area contributed by atoms with Gasteiger partial charge in [0.05, 0.1) is 19.8 Å². The molecule has 6 heteroatoms. The number of aliphatic hydroxyl groups is 1. The van der Waals surface area contributed by atoms with Crippen LogP contribution in [0.4, 0.5) is 4.79 Å². The standard InChI is InChI=1S/C16H29NO5/c1-16(2,3)22-15(20)17-13(10-18)12-7-5-11(6-8-12)9-14(19)21-4/h11-13,18H,5-10H2,1-4H3,(H,17,20). The zero-order valence-corrected chi connectivity index (χ0v) is 14.1. The van der Waals surface area contributed by atoms with Crippen LogP contribution in [0.15, 0.2) is 0 Å². The van der Waals surface area contributed by atoms with E-state index in [1.54, 1.807) is 20.8 Å². The van der Waals surface area contributed by atoms with Gasteiger partial charge in [0.2, 0.25) is 0 Å². The fraction of sp³-hybridized carbons (Fsp3) is 0.875. The van der Waals surface area contributed by atoms with Gasteiger partial charge in [-0.25, -0.2) is 4.79 Å². The van der Waals surface area contributed by atoms with E-state index < -0.39 is 11.7 Å². The molecule has 2 N–H and O–H groups in total. The number of esters is 1. The van der Waals surface area contributed by atoms with E-state index in [9.17, 15) is 14.7 Å². The molecule has 1 saturated carbocycles. The second kappa shape index (κ2) is 8.36. The van der Waals surface area contributed by atoms with E-state index in [0.717, 1.165) is 25.7 Å². The van der Waals surface area contributed by atoms with E-state index in [-0.39, 0.29) is 24.5 Å². The second-order valence-corrected chi connectivity index (χ2v) is 7.00. The highest BCUT2D eigenvalue weighted by atomic mass is 16.6. The zero-order chi connectivity index (χ0) is 16.8. The molecule has 0 aromatic rings. The maximum Gasteiger partial charge on any atom is 0.407 e. The summed E-state index contributed by atoms with van der Waals surface area (Å²) in [6.07, 6.45) is 3.53. The average Bonchev–Trinajstić information content (AvgIpc) is 2.43. The van der Waals surface area contributed by atoms with Gasteiger partial charge in [-0.15, -0.1) is 0 Å². The summed E-state index contributed by atoms with van der Waals surface area (Å²) in [7, 11) is 1.40. The Hall–Kier alpha value is -1.30. The van der Waals surface area contributed by atoms with Crippen LogP contribution in [0.25, 0.3) is 0 Å². The molecule has 1 amide bonds. The molecule has 22 heavy (non-hydrogen) atoms. The molecule has 128 valence electrons. The highest BCUT2D eigenvalue weighted by molar-refractivity contribution is 5.69. The highest BCUT2D eigenvalue weighted by Gasteiger charge is 2.30. The number of methoxy groups -OCH3 is 1. The van der Waals surface area contributed by atoms with Crippen molar-refractivity contribution in [2.75, 3.05) is 13.7 Å². The second-order valence-electron chi connectivity index (χ2n) is 7.00. The molecule has 1 unspecified atom stereocenters. The van der Waals surface area contributed by atoms with Crippen LogP contribution in [0.5, 0.6) is 0 Å². The first-order valence-electron chi connectivity index (χ1n) is 7.92. The van der Waals surface area contributed by atoms with Crippen molar-refractivity contribution in [1.82, 2.24) is 5.32 Å². The number of hydrogen-bond donors (Lipinski definition) is 2. The van der Waals surface area contributed by atoms with Crippen molar-refractivity contribution < 1.29 is 24.2 Å². The number of carbonyl (C=O) groups excluding carboxylic acids is 2. The van der Waals surface area contributed by atoms with E-state index in [1.165, 1.54) is 7.11 Å². The third-order valence-corrected chi connectivity index (χ3v) is 4.04. The summed E-state index contributed by atoms with van der Waals surface area (Å²) in [4.78, 5) is 23.1. The summed E-state index contributed by atoms with van der Waals surface area (Å²) in [6.45, 7) is 5.31. The van der Waals surface area contributed by atoms with Gasteiger partial charge in [-0.1, -0.05) is 0 Å². The lowest BCUT2D eigenvalue weighted by atomic mass is 9.77. The summed E-state index contributed by atoms with van der Waals surface area (Å²) in [6, 6.07) is -0.297. The molecule has 1 fully saturated rings. The number of nitrogens with one attached hydrogen (secondary N) is 1.